The Morgan fingerprint density at radius 3 is 2.25 bits per heavy atom. The zero-order valence-electron chi connectivity index (χ0n) is 15.8. The number of benzene rings is 2. The molecule has 0 radical (unpaired) electrons. The molecule has 0 aliphatic carbocycles. The van der Waals surface area contributed by atoms with E-state index in [4.69, 9.17) is 28.0 Å². The number of hydrogen-bond acceptors (Lipinski definition) is 4. The summed E-state index contributed by atoms with van der Waals surface area (Å²) in [5.41, 5.74) is 4.23. The number of carbonyl (C=O) groups excluding carboxylic acids is 1. The van der Waals surface area contributed by atoms with Gasteiger partial charge < -0.3 is 0 Å². The topological polar surface area (TPSA) is 75.7 Å². The summed E-state index contributed by atoms with van der Waals surface area (Å²) in [7, 11) is -3.85. The quantitative estimate of drug-likeness (QED) is 0.619. The number of hydroxylamine groups is 1. The average Bonchev–Trinajstić information content (AvgIpc) is 2.63. The molecule has 9 heteroatoms. The van der Waals surface area contributed by atoms with Crippen LogP contribution in [0.4, 0.5) is 0 Å². The zero-order valence-corrected chi connectivity index (χ0v) is 18.2. The fourth-order valence-electron chi connectivity index (χ4n) is 2.53. The van der Waals surface area contributed by atoms with Gasteiger partial charge in [0.25, 0.3) is 5.91 Å². The second-order valence-electron chi connectivity index (χ2n) is 6.06. The average molecular weight is 445 g/mol. The van der Waals surface area contributed by atoms with Gasteiger partial charge in [-0.1, -0.05) is 66.9 Å². The van der Waals surface area contributed by atoms with E-state index in [1.807, 2.05) is 31.2 Å². The molecular weight excluding hydrogens is 423 g/mol. The molecule has 0 spiro atoms. The first-order valence-electron chi connectivity index (χ1n) is 8.67. The van der Waals surface area contributed by atoms with Crippen LogP contribution in [-0.2, 0) is 21.5 Å². The maximum atomic E-state index is 12.8. The van der Waals surface area contributed by atoms with Gasteiger partial charge in [0.15, 0.2) is 0 Å². The number of nitrogens with zero attached hydrogens (tertiary/aromatic N) is 1. The van der Waals surface area contributed by atoms with E-state index in [0.717, 1.165) is 11.1 Å². The van der Waals surface area contributed by atoms with Gasteiger partial charge in [0.05, 0.1) is 22.2 Å². The first-order chi connectivity index (χ1) is 13.2. The van der Waals surface area contributed by atoms with Crippen LogP contribution in [0.5, 0.6) is 0 Å². The fraction of sp³-hybridized carbons (Fsp3) is 0.316. The van der Waals surface area contributed by atoms with Gasteiger partial charge in [-0.15, -0.1) is 0 Å². The third kappa shape index (κ3) is 5.24. The summed E-state index contributed by atoms with van der Waals surface area (Å²) in [4.78, 5) is 17.5. The van der Waals surface area contributed by atoms with Crippen molar-refractivity contribution in [3.63, 3.8) is 0 Å². The van der Waals surface area contributed by atoms with E-state index in [9.17, 15) is 13.2 Å². The van der Waals surface area contributed by atoms with E-state index in [0.29, 0.717) is 0 Å². The van der Waals surface area contributed by atoms with Crippen molar-refractivity contribution in [1.29, 1.82) is 0 Å². The van der Waals surface area contributed by atoms with Crippen molar-refractivity contribution in [2.24, 2.45) is 0 Å². The third-order valence-corrected chi connectivity index (χ3v) is 6.94. The molecule has 0 saturated carbocycles. The number of hydrogen-bond donors (Lipinski definition) is 1. The molecule has 2 rings (SSSR count). The second kappa shape index (κ2) is 9.71. The Balaban J connectivity index is 2.20. The second-order valence-corrected chi connectivity index (χ2v) is 8.78. The lowest BCUT2D eigenvalue weighted by atomic mass is 10.2. The van der Waals surface area contributed by atoms with Gasteiger partial charge in [-0.3, -0.25) is 9.63 Å². The Morgan fingerprint density at radius 2 is 1.68 bits per heavy atom. The highest BCUT2D eigenvalue weighted by Crippen LogP contribution is 2.30. The number of carbonyl (C=O) groups is 1. The van der Waals surface area contributed by atoms with Gasteiger partial charge in [-0.2, -0.15) is 4.31 Å². The van der Waals surface area contributed by atoms with Gasteiger partial charge in [0.2, 0.25) is 10.0 Å². The molecule has 0 aliphatic heterocycles. The van der Waals surface area contributed by atoms with Gasteiger partial charge in [0.1, 0.15) is 4.90 Å². The van der Waals surface area contributed by atoms with Crippen LogP contribution in [0.3, 0.4) is 0 Å². The maximum Gasteiger partial charge on any atom is 0.276 e. The van der Waals surface area contributed by atoms with Crippen molar-refractivity contribution in [2.75, 3.05) is 13.1 Å². The Hall–Kier alpha value is -1.64. The first-order valence-corrected chi connectivity index (χ1v) is 10.9. The van der Waals surface area contributed by atoms with Crippen LogP contribution in [0.15, 0.2) is 41.3 Å². The zero-order chi connectivity index (χ0) is 20.9. The highest BCUT2D eigenvalue weighted by atomic mass is 35.5. The van der Waals surface area contributed by atoms with E-state index >= 15 is 0 Å². The van der Waals surface area contributed by atoms with Crippen molar-refractivity contribution >= 4 is 39.1 Å². The number of amides is 1. The molecule has 28 heavy (non-hydrogen) atoms. The maximum absolute atomic E-state index is 12.8. The van der Waals surface area contributed by atoms with Gasteiger partial charge in [-0.25, -0.2) is 13.9 Å². The van der Waals surface area contributed by atoms with Gasteiger partial charge >= 0.3 is 0 Å². The van der Waals surface area contributed by atoms with E-state index in [1.165, 1.54) is 16.4 Å². The van der Waals surface area contributed by atoms with E-state index in [1.54, 1.807) is 13.8 Å². The number of halogens is 2. The van der Waals surface area contributed by atoms with Crippen LogP contribution in [0, 0.1) is 6.92 Å². The normalized spacial score (nSPS) is 11.6. The molecule has 0 aliphatic rings. The highest BCUT2D eigenvalue weighted by molar-refractivity contribution is 7.89. The molecule has 1 amide bonds. The molecule has 2 aromatic rings. The lowest BCUT2D eigenvalue weighted by molar-refractivity contribution is 0.0233. The predicted molar refractivity (Wildman–Crippen MR) is 110 cm³/mol. The number of sulfonamides is 1. The molecule has 6 nitrogen and oxygen atoms in total. The molecule has 0 unspecified atom stereocenters. The van der Waals surface area contributed by atoms with Crippen LogP contribution in [-0.4, -0.2) is 31.7 Å². The molecule has 2 aromatic carbocycles. The summed E-state index contributed by atoms with van der Waals surface area (Å²) >= 11 is 12.2. The fourth-order valence-corrected chi connectivity index (χ4v) is 4.82. The standard InChI is InChI=1S/C19H22Cl2N2O4S/c1-4-23(5-2)28(25,26)18-10-15(16(20)11-17(18)21)19(24)22-27-12-14-8-6-13(3)7-9-14/h6-11H,4-5,12H2,1-3H3,(H,22,24). The first kappa shape index (κ1) is 22.6. The molecule has 0 saturated heterocycles. The summed E-state index contributed by atoms with van der Waals surface area (Å²) in [5.74, 6) is -0.662. The van der Waals surface area contributed by atoms with E-state index in [2.05, 4.69) is 5.48 Å². The van der Waals surface area contributed by atoms with Gasteiger partial charge in [0, 0.05) is 13.1 Å². The molecule has 0 bridgehead atoms. The Morgan fingerprint density at radius 1 is 1.07 bits per heavy atom. The molecular formula is C19H22Cl2N2O4S. The van der Waals surface area contributed by atoms with Crippen molar-refractivity contribution < 1.29 is 18.0 Å². The van der Waals surface area contributed by atoms with Crippen molar-refractivity contribution in [2.45, 2.75) is 32.3 Å². The minimum atomic E-state index is -3.85. The van der Waals surface area contributed by atoms with E-state index < -0.39 is 15.9 Å². The summed E-state index contributed by atoms with van der Waals surface area (Å²) in [6.07, 6.45) is 0. The Bertz CT molecular complexity index is 943. The monoisotopic (exact) mass is 444 g/mol. The van der Waals surface area contributed by atoms with E-state index in [-0.39, 0.29) is 40.2 Å². The molecule has 0 heterocycles. The smallest absolute Gasteiger partial charge is 0.269 e. The molecule has 0 aromatic heterocycles. The number of aryl methyl sites for hydroxylation is 1. The van der Waals surface area contributed by atoms with Crippen molar-refractivity contribution in [1.82, 2.24) is 9.79 Å². The van der Waals surface area contributed by atoms with Crippen LogP contribution in [0.25, 0.3) is 0 Å². The van der Waals surface area contributed by atoms with Crippen molar-refractivity contribution in [3.8, 4) is 0 Å². The molecule has 0 atom stereocenters. The molecule has 0 fully saturated rings. The van der Waals surface area contributed by atoms with Crippen LogP contribution >= 0.6 is 23.2 Å². The minimum Gasteiger partial charge on any atom is -0.269 e. The highest BCUT2D eigenvalue weighted by Gasteiger charge is 2.27. The third-order valence-electron chi connectivity index (χ3n) is 4.11. The minimum absolute atomic E-state index is 0.0277. The van der Waals surface area contributed by atoms with Gasteiger partial charge in [-0.05, 0) is 24.6 Å². The summed E-state index contributed by atoms with van der Waals surface area (Å²) in [6.45, 7) is 6.12. The summed E-state index contributed by atoms with van der Waals surface area (Å²) in [6, 6.07) is 10.0. The SMILES string of the molecule is CCN(CC)S(=O)(=O)c1cc(C(=O)NOCc2ccc(C)cc2)c(Cl)cc1Cl. The lowest BCUT2D eigenvalue weighted by Gasteiger charge is -2.20. The van der Waals surface area contributed by atoms with Crippen LogP contribution in [0.1, 0.15) is 35.3 Å². The number of nitrogens with one attached hydrogen (secondary N) is 1. The summed E-state index contributed by atoms with van der Waals surface area (Å²) in [5, 5.41) is -0.0195. The lowest BCUT2D eigenvalue weighted by Crippen LogP contribution is -2.31. The predicted octanol–water partition coefficient (Wildman–Crippen LogP) is 4.19. The Kier molecular flexibility index (Phi) is 7.86. The van der Waals surface area contributed by atoms with Crippen LogP contribution < -0.4 is 5.48 Å². The summed E-state index contributed by atoms with van der Waals surface area (Å²) < 4.78 is 26.8. The van der Waals surface area contributed by atoms with Crippen LogP contribution in [0.2, 0.25) is 10.0 Å². The Labute approximate surface area is 175 Å². The molecule has 1 N–H and O–H groups in total. The molecule has 152 valence electrons. The largest absolute Gasteiger partial charge is 0.276 e. The number of rotatable bonds is 8. The van der Waals surface area contributed by atoms with Crippen molar-refractivity contribution in [3.05, 3.63) is 63.1 Å².